The average Bonchev–Trinajstić information content (AvgIpc) is 3.14. The van der Waals surface area contributed by atoms with Crippen LogP contribution in [0, 0.1) is 0 Å². The van der Waals surface area contributed by atoms with Gasteiger partial charge in [0.1, 0.15) is 11.8 Å². The summed E-state index contributed by atoms with van der Waals surface area (Å²) in [5.74, 6) is 1.95. The number of unbranched alkanes of at least 4 members (excludes halogenated alkanes) is 1. The van der Waals surface area contributed by atoms with Gasteiger partial charge in [-0.3, -0.25) is 0 Å². The first kappa shape index (κ1) is 22.2. The summed E-state index contributed by atoms with van der Waals surface area (Å²) in [7, 11) is 0. The number of carbonyl (C=O) groups excluding carboxylic acids is 1. The number of benzene rings is 1. The van der Waals surface area contributed by atoms with Crippen molar-refractivity contribution in [3.63, 3.8) is 0 Å². The zero-order valence-corrected chi connectivity index (χ0v) is 18.9. The molecule has 0 spiro atoms. The Morgan fingerprint density at radius 3 is 2.77 bits per heavy atom. The van der Waals surface area contributed by atoms with Crippen molar-refractivity contribution in [2.75, 3.05) is 24.3 Å². The molecule has 0 saturated heterocycles. The van der Waals surface area contributed by atoms with Crippen LogP contribution in [0.4, 0.5) is 5.95 Å². The number of fused-ring (bicyclic) bond motifs is 1. The van der Waals surface area contributed by atoms with Gasteiger partial charge in [-0.15, -0.1) is 5.10 Å². The van der Waals surface area contributed by atoms with Gasteiger partial charge in [-0.1, -0.05) is 50.2 Å². The molecule has 0 radical (unpaired) electrons. The molecule has 2 aromatic rings. The maximum atomic E-state index is 12.9. The Morgan fingerprint density at radius 2 is 2.03 bits per heavy atom. The first-order valence-corrected chi connectivity index (χ1v) is 11.5. The van der Waals surface area contributed by atoms with Crippen molar-refractivity contribution in [3.8, 4) is 5.75 Å². The second-order valence-corrected chi connectivity index (χ2v) is 8.10. The molecule has 0 bridgehead atoms. The third-order valence-corrected chi connectivity index (χ3v) is 5.66. The molecule has 0 aliphatic carbocycles. The molecule has 1 unspecified atom stereocenters. The highest BCUT2D eigenvalue weighted by atomic mass is 32.2. The SMILES string of the molecule is CCCCSc1nc2n(n1)C(c1ccccc1OCCC)C(C(=O)OCC)=C(C)N2. The lowest BCUT2D eigenvalue weighted by molar-refractivity contribution is -0.139. The summed E-state index contributed by atoms with van der Waals surface area (Å²) in [6.07, 6.45) is 3.12. The number of anilines is 1. The molecule has 0 saturated carbocycles. The molecule has 1 aliphatic rings. The van der Waals surface area contributed by atoms with E-state index in [1.54, 1.807) is 23.4 Å². The quantitative estimate of drug-likeness (QED) is 0.329. The Hall–Kier alpha value is -2.48. The van der Waals surface area contributed by atoms with E-state index in [2.05, 4.69) is 24.1 Å². The summed E-state index contributed by atoms with van der Waals surface area (Å²) in [5, 5.41) is 8.67. The van der Waals surface area contributed by atoms with Crippen LogP contribution in [0.5, 0.6) is 5.75 Å². The summed E-state index contributed by atoms with van der Waals surface area (Å²) in [5.41, 5.74) is 2.10. The highest BCUT2D eigenvalue weighted by Crippen LogP contribution is 2.40. The van der Waals surface area contributed by atoms with Crippen LogP contribution in [0.2, 0.25) is 0 Å². The van der Waals surface area contributed by atoms with Gasteiger partial charge in [0.15, 0.2) is 0 Å². The maximum absolute atomic E-state index is 12.9. The molecule has 1 atom stereocenters. The summed E-state index contributed by atoms with van der Waals surface area (Å²) in [4.78, 5) is 17.6. The Labute approximate surface area is 182 Å². The van der Waals surface area contributed by atoms with E-state index in [9.17, 15) is 4.79 Å². The number of thioether (sulfide) groups is 1. The van der Waals surface area contributed by atoms with Gasteiger partial charge in [-0.05, 0) is 32.8 Å². The predicted octanol–water partition coefficient (Wildman–Crippen LogP) is 4.81. The lowest BCUT2D eigenvalue weighted by atomic mass is 9.95. The fraction of sp³-hybridized carbons (Fsp3) is 0.500. The average molecular weight is 431 g/mol. The van der Waals surface area contributed by atoms with Gasteiger partial charge >= 0.3 is 5.97 Å². The molecule has 1 aromatic carbocycles. The molecule has 1 aromatic heterocycles. The normalized spacial score (nSPS) is 15.5. The van der Waals surface area contributed by atoms with E-state index in [1.165, 1.54) is 0 Å². The summed E-state index contributed by atoms with van der Waals surface area (Å²) in [6, 6.07) is 7.31. The molecule has 162 valence electrons. The molecule has 1 aliphatic heterocycles. The van der Waals surface area contributed by atoms with E-state index in [-0.39, 0.29) is 5.97 Å². The Kier molecular flexibility index (Phi) is 7.79. The molecule has 0 fully saturated rings. The molecule has 30 heavy (non-hydrogen) atoms. The third-order valence-electron chi connectivity index (χ3n) is 4.73. The molecule has 2 heterocycles. The minimum atomic E-state index is -0.471. The van der Waals surface area contributed by atoms with Crippen LogP contribution < -0.4 is 10.1 Å². The molecule has 1 N–H and O–H groups in total. The number of nitrogens with one attached hydrogen (secondary N) is 1. The van der Waals surface area contributed by atoms with Crippen LogP contribution in [0.3, 0.4) is 0 Å². The summed E-state index contributed by atoms with van der Waals surface area (Å²) < 4.78 is 13.2. The third kappa shape index (κ3) is 4.80. The van der Waals surface area contributed by atoms with Crippen molar-refractivity contribution in [2.24, 2.45) is 0 Å². The lowest BCUT2D eigenvalue weighted by Gasteiger charge is -2.29. The van der Waals surface area contributed by atoms with E-state index < -0.39 is 6.04 Å². The van der Waals surface area contributed by atoms with Crippen molar-refractivity contribution < 1.29 is 14.3 Å². The lowest BCUT2D eigenvalue weighted by Crippen LogP contribution is -2.30. The Morgan fingerprint density at radius 1 is 1.23 bits per heavy atom. The number of allylic oxidation sites excluding steroid dienone is 1. The molecule has 8 heteroatoms. The largest absolute Gasteiger partial charge is 0.493 e. The minimum Gasteiger partial charge on any atom is -0.493 e. The van der Waals surface area contributed by atoms with Gasteiger partial charge in [0.2, 0.25) is 11.1 Å². The van der Waals surface area contributed by atoms with Crippen LogP contribution in [-0.4, -0.2) is 39.7 Å². The van der Waals surface area contributed by atoms with Crippen molar-refractivity contribution in [3.05, 3.63) is 41.1 Å². The second-order valence-electron chi connectivity index (χ2n) is 7.04. The maximum Gasteiger partial charge on any atom is 0.338 e. The number of esters is 1. The van der Waals surface area contributed by atoms with Crippen LogP contribution in [0.25, 0.3) is 0 Å². The first-order chi connectivity index (χ1) is 14.6. The first-order valence-electron chi connectivity index (χ1n) is 10.6. The van der Waals surface area contributed by atoms with Crippen molar-refractivity contribution >= 4 is 23.7 Å². The van der Waals surface area contributed by atoms with E-state index in [0.29, 0.717) is 35.6 Å². The predicted molar refractivity (Wildman–Crippen MR) is 119 cm³/mol. The number of aromatic nitrogens is 3. The van der Waals surface area contributed by atoms with Crippen molar-refractivity contribution in [2.45, 2.75) is 58.2 Å². The van der Waals surface area contributed by atoms with Crippen LogP contribution in [0.1, 0.15) is 58.6 Å². The molecular weight excluding hydrogens is 400 g/mol. The number of nitrogens with zero attached hydrogens (tertiary/aromatic N) is 3. The van der Waals surface area contributed by atoms with Crippen molar-refractivity contribution in [1.29, 1.82) is 0 Å². The molecular formula is C22H30N4O3S. The highest BCUT2D eigenvalue weighted by Gasteiger charge is 2.36. The van der Waals surface area contributed by atoms with Gasteiger partial charge in [0.05, 0.1) is 18.8 Å². The standard InChI is InChI=1S/C22H30N4O3S/c1-5-8-14-30-22-24-21-23-15(4)18(20(27)28-7-3)19(26(21)25-22)16-11-9-10-12-17(16)29-13-6-2/h9-12,19H,5-8,13-14H2,1-4H3,(H,23,24,25). The topological polar surface area (TPSA) is 78.3 Å². The molecule has 0 amide bonds. The zero-order valence-electron chi connectivity index (χ0n) is 18.1. The minimum absolute atomic E-state index is 0.304. The number of hydrogen-bond acceptors (Lipinski definition) is 7. The Balaban J connectivity index is 2.07. The van der Waals surface area contributed by atoms with E-state index in [1.807, 2.05) is 31.2 Å². The van der Waals surface area contributed by atoms with E-state index >= 15 is 0 Å². The fourth-order valence-electron chi connectivity index (χ4n) is 3.31. The molecule has 7 nitrogen and oxygen atoms in total. The Bertz CT molecular complexity index is 910. The van der Waals surface area contributed by atoms with Crippen LogP contribution in [0.15, 0.2) is 40.7 Å². The number of ether oxygens (including phenoxy) is 2. The number of rotatable bonds is 10. The van der Waals surface area contributed by atoms with E-state index in [4.69, 9.17) is 14.6 Å². The monoisotopic (exact) mass is 430 g/mol. The van der Waals surface area contributed by atoms with Gasteiger partial charge in [-0.2, -0.15) is 4.98 Å². The second kappa shape index (κ2) is 10.5. The highest BCUT2D eigenvalue weighted by molar-refractivity contribution is 7.99. The van der Waals surface area contributed by atoms with Gasteiger partial charge in [0.25, 0.3) is 0 Å². The fourth-order valence-corrected chi connectivity index (χ4v) is 4.22. The van der Waals surface area contributed by atoms with Crippen LogP contribution in [-0.2, 0) is 9.53 Å². The van der Waals surface area contributed by atoms with Gasteiger partial charge in [-0.25, -0.2) is 9.48 Å². The number of hydrogen-bond donors (Lipinski definition) is 1. The summed E-state index contributed by atoms with van der Waals surface area (Å²) >= 11 is 1.63. The summed E-state index contributed by atoms with van der Waals surface area (Å²) in [6.45, 7) is 8.81. The smallest absolute Gasteiger partial charge is 0.338 e. The van der Waals surface area contributed by atoms with E-state index in [0.717, 1.165) is 36.3 Å². The zero-order chi connectivity index (χ0) is 21.5. The molecule has 3 rings (SSSR count). The van der Waals surface area contributed by atoms with Crippen LogP contribution >= 0.6 is 11.8 Å². The van der Waals surface area contributed by atoms with Crippen molar-refractivity contribution in [1.82, 2.24) is 14.8 Å². The van der Waals surface area contributed by atoms with Gasteiger partial charge < -0.3 is 14.8 Å². The number of para-hydroxylation sites is 1. The number of carbonyl (C=O) groups is 1. The van der Waals surface area contributed by atoms with Gasteiger partial charge in [0, 0.05) is 17.0 Å².